The van der Waals surface area contributed by atoms with Crippen molar-refractivity contribution < 1.29 is 9.18 Å². The quantitative estimate of drug-likeness (QED) is 0.813. The summed E-state index contributed by atoms with van der Waals surface area (Å²) in [5.41, 5.74) is 0.881. The van der Waals surface area contributed by atoms with Gasteiger partial charge in [0.2, 0.25) is 0 Å². The number of hydrogen-bond donors (Lipinski definition) is 1. The minimum Gasteiger partial charge on any atom is -0.375 e. The lowest BCUT2D eigenvalue weighted by atomic mass is 10.0. The number of nitrogens with zero attached hydrogens (tertiary/aromatic N) is 1. The minimum absolute atomic E-state index is 0.189. The van der Waals surface area contributed by atoms with E-state index >= 15 is 0 Å². The molecule has 1 aromatic rings. The average Bonchev–Trinajstić information content (AvgIpc) is 2.96. The number of carbonyl (C=O) groups is 1. The van der Waals surface area contributed by atoms with Gasteiger partial charge < -0.3 is 10.2 Å². The predicted molar refractivity (Wildman–Crippen MR) is 84.3 cm³/mol. The zero-order valence-electron chi connectivity index (χ0n) is 13.0. The number of amides is 1. The molecule has 2 rings (SSSR count). The summed E-state index contributed by atoms with van der Waals surface area (Å²) in [5, 5.41) is 2.88. The van der Waals surface area contributed by atoms with E-state index in [4.69, 9.17) is 0 Å². The molecule has 4 heteroatoms. The Morgan fingerprint density at radius 1 is 1.33 bits per heavy atom. The lowest BCUT2D eigenvalue weighted by Crippen LogP contribution is -2.25. The molecule has 1 aliphatic carbocycles. The molecular weight excluding hydrogens is 267 g/mol. The molecule has 21 heavy (non-hydrogen) atoms. The zero-order chi connectivity index (χ0) is 15.2. The van der Waals surface area contributed by atoms with Gasteiger partial charge in [-0.05, 0) is 37.0 Å². The first-order chi connectivity index (χ1) is 10.1. The smallest absolute Gasteiger partial charge is 0.251 e. The van der Waals surface area contributed by atoms with E-state index in [1.165, 1.54) is 38.2 Å². The zero-order valence-corrected chi connectivity index (χ0v) is 13.0. The summed E-state index contributed by atoms with van der Waals surface area (Å²) < 4.78 is 13.8. The molecule has 1 amide bonds. The van der Waals surface area contributed by atoms with Gasteiger partial charge in [-0.1, -0.05) is 25.7 Å². The molecule has 0 atom stereocenters. The monoisotopic (exact) mass is 292 g/mol. The van der Waals surface area contributed by atoms with Crippen molar-refractivity contribution >= 4 is 11.6 Å². The van der Waals surface area contributed by atoms with E-state index in [1.54, 1.807) is 31.1 Å². The van der Waals surface area contributed by atoms with Crippen LogP contribution in [0.4, 0.5) is 10.1 Å². The minimum atomic E-state index is -0.362. The second-order valence-electron chi connectivity index (χ2n) is 6.11. The molecular formula is C17H25FN2O. The van der Waals surface area contributed by atoms with Crippen LogP contribution >= 0.6 is 0 Å². The molecule has 0 unspecified atom stereocenters. The Balaban J connectivity index is 1.78. The summed E-state index contributed by atoms with van der Waals surface area (Å²) in [5.74, 6) is 0.294. The largest absolute Gasteiger partial charge is 0.375 e. The van der Waals surface area contributed by atoms with Crippen molar-refractivity contribution in [3.8, 4) is 0 Å². The lowest BCUT2D eigenvalue weighted by Gasteiger charge is -2.14. The fourth-order valence-corrected chi connectivity index (χ4v) is 3.00. The van der Waals surface area contributed by atoms with E-state index < -0.39 is 0 Å². The Morgan fingerprint density at radius 3 is 2.67 bits per heavy atom. The highest BCUT2D eigenvalue weighted by Gasteiger charge is 2.14. The molecule has 3 nitrogen and oxygen atoms in total. The molecule has 1 aliphatic rings. The maximum absolute atomic E-state index is 13.8. The number of nitrogens with one attached hydrogen (secondary N) is 1. The standard InChI is InChI=1S/C17H25FN2O/c1-20(2)16-10-9-14(12-15(16)18)17(21)19-11-5-8-13-6-3-4-7-13/h9-10,12-13H,3-8,11H2,1-2H3,(H,19,21). The summed E-state index contributed by atoms with van der Waals surface area (Å²) in [6.07, 6.45) is 7.59. The van der Waals surface area contributed by atoms with Crippen LogP contribution in [0.2, 0.25) is 0 Å². The Kier molecular flexibility index (Phi) is 5.59. The lowest BCUT2D eigenvalue weighted by molar-refractivity contribution is 0.0952. The van der Waals surface area contributed by atoms with Gasteiger partial charge >= 0.3 is 0 Å². The van der Waals surface area contributed by atoms with Crippen molar-refractivity contribution in [1.29, 1.82) is 0 Å². The molecule has 0 aliphatic heterocycles. The van der Waals surface area contributed by atoms with Gasteiger partial charge in [0.1, 0.15) is 5.82 Å². The van der Waals surface area contributed by atoms with Crippen LogP contribution in [0.25, 0.3) is 0 Å². The Labute approximate surface area is 126 Å². The van der Waals surface area contributed by atoms with E-state index in [9.17, 15) is 9.18 Å². The van der Waals surface area contributed by atoms with E-state index in [0.29, 0.717) is 17.8 Å². The van der Waals surface area contributed by atoms with Crippen LogP contribution in [0.5, 0.6) is 0 Å². The molecule has 1 N–H and O–H groups in total. The second kappa shape index (κ2) is 7.43. The van der Waals surface area contributed by atoms with Crippen LogP contribution in [-0.2, 0) is 0 Å². The van der Waals surface area contributed by atoms with Gasteiger partial charge in [0.15, 0.2) is 0 Å². The number of halogens is 1. The van der Waals surface area contributed by atoms with Gasteiger partial charge in [0.05, 0.1) is 5.69 Å². The van der Waals surface area contributed by atoms with E-state index in [1.807, 2.05) is 0 Å². The summed E-state index contributed by atoms with van der Waals surface area (Å²) in [6, 6.07) is 4.62. The first-order valence-electron chi connectivity index (χ1n) is 7.83. The van der Waals surface area contributed by atoms with Gasteiger partial charge in [-0.15, -0.1) is 0 Å². The van der Waals surface area contributed by atoms with E-state index in [-0.39, 0.29) is 11.7 Å². The van der Waals surface area contributed by atoms with Crippen molar-refractivity contribution in [3.05, 3.63) is 29.6 Å². The predicted octanol–water partition coefficient (Wildman–Crippen LogP) is 3.59. The van der Waals surface area contributed by atoms with Gasteiger partial charge in [-0.25, -0.2) is 4.39 Å². The van der Waals surface area contributed by atoms with Crippen LogP contribution in [0.3, 0.4) is 0 Å². The van der Waals surface area contributed by atoms with Gasteiger partial charge in [-0.3, -0.25) is 4.79 Å². The molecule has 0 radical (unpaired) electrons. The Morgan fingerprint density at radius 2 is 2.05 bits per heavy atom. The topological polar surface area (TPSA) is 32.3 Å². The van der Waals surface area contributed by atoms with Crippen molar-refractivity contribution in [2.24, 2.45) is 5.92 Å². The van der Waals surface area contributed by atoms with Crippen molar-refractivity contribution in [3.63, 3.8) is 0 Å². The van der Waals surface area contributed by atoms with Gasteiger partial charge in [0.25, 0.3) is 5.91 Å². The van der Waals surface area contributed by atoms with Crippen molar-refractivity contribution in [2.75, 3.05) is 25.5 Å². The van der Waals surface area contributed by atoms with Gasteiger partial charge in [0, 0.05) is 26.2 Å². The number of anilines is 1. The first-order valence-corrected chi connectivity index (χ1v) is 7.83. The molecule has 0 bridgehead atoms. The molecule has 0 aromatic heterocycles. The molecule has 116 valence electrons. The van der Waals surface area contributed by atoms with Crippen molar-refractivity contribution in [1.82, 2.24) is 5.32 Å². The normalized spacial score (nSPS) is 15.2. The molecule has 0 saturated heterocycles. The Bertz CT molecular complexity index is 482. The third-order valence-electron chi connectivity index (χ3n) is 4.24. The number of rotatable bonds is 6. The maximum atomic E-state index is 13.8. The molecule has 1 fully saturated rings. The van der Waals surface area contributed by atoms with E-state index in [2.05, 4.69) is 5.32 Å². The number of hydrogen-bond acceptors (Lipinski definition) is 2. The second-order valence-corrected chi connectivity index (χ2v) is 6.11. The van der Waals surface area contributed by atoms with Crippen molar-refractivity contribution in [2.45, 2.75) is 38.5 Å². The van der Waals surface area contributed by atoms with E-state index in [0.717, 1.165) is 12.3 Å². The fraction of sp³-hybridized carbons (Fsp3) is 0.588. The Hall–Kier alpha value is -1.58. The highest BCUT2D eigenvalue weighted by molar-refractivity contribution is 5.94. The highest BCUT2D eigenvalue weighted by Crippen LogP contribution is 2.28. The van der Waals surface area contributed by atoms with Crippen LogP contribution in [0.15, 0.2) is 18.2 Å². The first kappa shape index (κ1) is 15.8. The van der Waals surface area contributed by atoms with Gasteiger partial charge in [-0.2, -0.15) is 0 Å². The SMILES string of the molecule is CN(C)c1ccc(C(=O)NCCCC2CCCC2)cc1F. The third kappa shape index (κ3) is 4.45. The number of carbonyl (C=O) groups excluding carboxylic acids is 1. The molecule has 0 spiro atoms. The summed E-state index contributed by atoms with van der Waals surface area (Å²) in [6.45, 7) is 0.673. The average molecular weight is 292 g/mol. The highest BCUT2D eigenvalue weighted by atomic mass is 19.1. The molecule has 1 aromatic carbocycles. The summed E-state index contributed by atoms with van der Waals surface area (Å²) in [7, 11) is 3.56. The van der Waals surface area contributed by atoms with Crippen LogP contribution in [0.1, 0.15) is 48.9 Å². The summed E-state index contributed by atoms with van der Waals surface area (Å²) >= 11 is 0. The third-order valence-corrected chi connectivity index (χ3v) is 4.24. The number of benzene rings is 1. The van der Waals surface area contributed by atoms with Crippen LogP contribution < -0.4 is 10.2 Å². The van der Waals surface area contributed by atoms with Crippen LogP contribution in [-0.4, -0.2) is 26.5 Å². The molecule has 0 heterocycles. The fourth-order valence-electron chi connectivity index (χ4n) is 3.00. The van der Waals surface area contributed by atoms with Crippen LogP contribution in [0, 0.1) is 11.7 Å². The molecule has 1 saturated carbocycles. The summed E-state index contributed by atoms with van der Waals surface area (Å²) in [4.78, 5) is 13.7. The maximum Gasteiger partial charge on any atom is 0.251 e.